The van der Waals surface area contributed by atoms with Crippen molar-refractivity contribution < 1.29 is 9.53 Å². The molecule has 0 saturated heterocycles. The van der Waals surface area contributed by atoms with Crippen LogP contribution < -0.4 is 5.32 Å². The van der Waals surface area contributed by atoms with Gasteiger partial charge in [-0.3, -0.25) is 4.68 Å². The lowest BCUT2D eigenvalue weighted by atomic mass is 10.3. The highest BCUT2D eigenvalue weighted by Crippen LogP contribution is 1.96. The highest BCUT2D eigenvalue weighted by Gasteiger charge is 2.06. The van der Waals surface area contributed by atoms with E-state index in [1.165, 1.54) is 0 Å². The van der Waals surface area contributed by atoms with E-state index in [9.17, 15) is 4.79 Å². The summed E-state index contributed by atoms with van der Waals surface area (Å²) in [4.78, 5) is 11.2. The molecule has 0 saturated carbocycles. The van der Waals surface area contributed by atoms with Gasteiger partial charge in [0.15, 0.2) is 0 Å². The van der Waals surface area contributed by atoms with E-state index in [1.54, 1.807) is 11.6 Å². The summed E-state index contributed by atoms with van der Waals surface area (Å²) in [5.41, 5.74) is 1.36. The molecule has 0 atom stereocenters. The Kier molecular flexibility index (Phi) is 4.72. The van der Waals surface area contributed by atoms with Gasteiger partial charge in [0, 0.05) is 31.9 Å². The smallest absolute Gasteiger partial charge is 0.334 e. The van der Waals surface area contributed by atoms with E-state index in [0.717, 1.165) is 5.69 Å². The maximum absolute atomic E-state index is 11.2. The summed E-state index contributed by atoms with van der Waals surface area (Å²) in [6, 6.07) is 1.92. The van der Waals surface area contributed by atoms with Crippen LogP contribution in [0.15, 0.2) is 24.4 Å². The maximum Gasteiger partial charge on any atom is 0.334 e. The van der Waals surface area contributed by atoms with Crippen molar-refractivity contribution >= 4 is 5.97 Å². The fraction of sp³-hybridized carbons (Fsp3) is 0.455. The topological polar surface area (TPSA) is 56.2 Å². The van der Waals surface area contributed by atoms with Crippen LogP contribution >= 0.6 is 0 Å². The number of esters is 1. The van der Waals surface area contributed by atoms with Gasteiger partial charge < -0.3 is 10.1 Å². The molecule has 0 fully saturated rings. The zero-order chi connectivity index (χ0) is 12.0. The lowest BCUT2D eigenvalue weighted by Crippen LogP contribution is -2.21. The van der Waals surface area contributed by atoms with Gasteiger partial charge in [0.25, 0.3) is 0 Å². The minimum atomic E-state index is -0.351. The molecular weight excluding hydrogens is 206 g/mol. The maximum atomic E-state index is 11.2. The van der Waals surface area contributed by atoms with Gasteiger partial charge in [0.05, 0.1) is 12.3 Å². The van der Waals surface area contributed by atoms with Crippen LogP contribution in [0.2, 0.25) is 0 Å². The first-order valence-corrected chi connectivity index (χ1v) is 5.17. The molecule has 0 aliphatic carbocycles. The standard InChI is InChI=1S/C11H17N3O2/c1-4-16-11(15)9(2)7-12-8-10-5-6-14(3)13-10/h5-6,12H,2,4,7-8H2,1,3H3. The summed E-state index contributed by atoms with van der Waals surface area (Å²) in [7, 11) is 1.86. The predicted octanol–water partition coefficient (Wildman–Crippen LogP) is 0.629. The molecule has 0 aliphatic heterocycles. The highest BCUT2D eigenvalue weighted by molar-refractivity contribution is 5.88. The first-order valence-electron chi connectivity index (χ1n) is 5.17. The fourth-order valence-corrected chi connectivity index (χ4v) is 1.20. The molecule has 88 valence electrons. The monoisotopic (exact) mass is 223 g/mol. The number of rotatable bonds is 6. The minimum absolute atomic E-state index is 0.351. The van der Waals surface area contributed by atoms with Crippen LogP contribution in [0, 0.1) is 0 Å². The van der Waals surface area contributed by atoms with Gasteiger partial charge in [-0.2, -0.15) is 5.10 Å². The quantitative estimate of drug-likeness (QED) is 0.567. The van der Waals surface area contributed by atoms with Crippen molar-refractivity contribution in [2.75, 3.05) is 13.2 Å². The number of aromatic nitrogens is 2. The SMILES string of the molecule is C=C(CNCc1ccn(C)n1)C(=O)OCC. The highest BCUT2D eigenvalue weighted by atomic mass is 16.5. The van der Waals surface area contributed by atoms with Crippen LogP contribution in [0.5, 0.6) is 0 Å². The van der Waals surface area contributed by atoms with Gasteiger partial charge in [-0.05, 0) is 13.0 Å². The molecule has 0 bridgehead atoms. The number of nitrogens with one attached hydrogen (secondary N) is 1. The molecule has 0 aromatic carbocycles. The Morgan fingerprint density at radius 1 is 1.69 bits per heavy atom. The average Bonchev–Trinajstić information content (AvgIpc) is 2.64. The van der Waals surface area contributed by atoms with Crippen LogP contribution in [0.1, 0.15) is 12.6 Å². The van der Waals surface area contributed by atoms with E-state index in [0.29, 0.717) is 25.3 Å². The van der Waals surface area contributed by atoms with Crippen molar-refractivity contribution in [1.29, 1.82) is 0 Å². The third-order valence-electron chi connectivity index (χ3n) is 1.98. The second-order valence-corrected chi connectivity index (χ2v) is 3.41. The summed E-state index contributed by atoms with van der Waals surface area (Å²) >= 11 is 0. The first kappa shape index (κ1) is 12.4. The molecule has 0 unspecified atom stereocenters. The van der Waals surface area contributed by atoms with Gasteiger partial charge >= 0.3 is 5.97 Å². The summed E-state index contributed by atoms with van der Waals surface area (Å²) in [6.45, 7) is 6.81. The number of carbonyl (C=O) groups is 1. The number of aryl methyl sites for hydroxylation is 1. The molecule has 0 radical (unpaired) electrons. The Bertz CT molecular complexity index is 371. The van der Waals surface area contributed by atoms with Crippen LogP contribution in [0.4, 0.5) is 0 Å². The average molecular weight is 223 g/mol. The van der Waals surface area contributed by atoms with E-state index in [2.05, 4.69) is 17.0 Å². The molecule has 5 heteroatoms. The minimum Gasteiger partial charge on any atom is -0.463 e. The second-order valence-electron chi connectivity index (χ2n) is 3.41. The van der Waals surface area contributed by atoms with Crippen molar-refractivity contribution in [3.05, 3.63) is 30.1 Å². The van der Waals surface area contributed by atoms with E-state index in [-0.39, 0.29) is 5.97 Å². The molecule has 1 aromatic heterocycles. The van der Waals surface area contributed by atoms with Crippen molar-refractivity contribution in [3.63, 3.8) is 0 Å². The lowest BCUT2D eigenvalue weighted by Gasteiger charge is -2.05. The molecule has 0 amide bonds. The number of carbonyl (C=O) groups excluding carboxylic acids is 1. The summed E-state index contributed by atoms with van der Waals surface area (Å²) in [5.74, 6) is -0.351. The zero-order valence-electron chi connectivity index (χ0n) is 9.69. The van der Waals surface area contributed by atoms with Crippen LogP contribution in [-0.2, 0) is 23.1 Å². The van der Waals surface area contributed by atoms with Crippen molar-refractivity contribution in [2.24, 2.45) is 7.05 Å². The van der Waals surface area contributed by atoms with Crippen molar-refractivity contribution in [3.8, 4) is 0 Å². The Hall–Kier alpha value is -1.62. The molecule has 0 aliphatic rings. The molecule has 1 N–H and O–H groups in total. The van der Waals surface area contributed by atoms with E-state index in [1.807, 2.05) is 19.3 Å². The molecular formula is C11H17N3O2. The molecule has 1 aromatic rings. The van der Waals surface area contributed by atoms with Gasteiger partial charge in [-0.1, -0.05) is 6.58 Å². The molecule has 5 nitrogen and oxygen atoms in total. The zero-order valence-corrected chi connectivity index (χ0v) is 9.69. The van der Waals surface area contributed by atoms with Crippen molar-refractivity contribution in [1.82, 2.24) is 15.1 Å². The number of hydrogen-bond acceptors (Lipinski definition) is 4. The molecule has 1 heterocycles. The second kappa shape index (κ2) is 6.07. The van der Waals surface area contributed by atoms with Gasteiger partial charge in [0.1, 0.15) is 0 Å². The van der Waals surface area contributed by atoms with E-state index < -0.39 is 0 Å². The Balaban J connectivity index is 2.25. The Morgan fingerprint density at radius 2 is 2.44 bits per heavy atom. The van der Waals surface area contributed by atoms with Crippen LogP contribution in [-0.4, -0.2) is 28.9 Å². The molecule has 0 spiro atoms. The normalized spacial score (nSPS) is 10.1. The predicted molar refractivity (Wildman–Crippen MR) is 60.7 cm³/mol. The third kappa shape index (κ3) is 3.86. The third-order valence-corrected chi connectivity index (χ3v) is 1.98. The van der Waals surface area contributed by atoms with Gasteiger partial charge in [0.2, 0.25) is 0 Å². The summed E-state index contributed by atoms with van der Waals surface area (Å²) < 4.78 is 6.55. The largest absolute Gasteiger partial charge is 0.463 e. The van der Waals surface area contributed by atoms with E-state index in [4.69, 9.17) is 4.74 Å². The molecule has 1 rings (SSSR count). The van der Waals surface area contributed by atoms with Crippen LogP contribution in [0.3, 0.4) is 0 Å². The number of ether oxygens (including phenoxy) is 1. The number of hydrogen-bond donors (Lipinski definition) is 1. The number of nitrogens with zero attached hydrogens (tertiary/aromatic N) is 2. The van der Waals surface area contributed by atoms with Gasteiger partial charge in [-0.15, -0.1) is 0 Å². The van der Waals surface area contributed by atoms with E-state index >= 15 is 0 Å². The first-order chi connectivity index (χ1) is 7.63. The summed E-state index contributed by atoms with van der Waals surface area (Å²) in [6.07, 6.45) is 1.87. The fourth-order valence-electron chi connectivity index (χ4n) is 1.20. The Morgan fingerprint density at radius 3 is 3.00 bits per heavy atom. The Labute approximate surface area is 95.1 Å². The molecule has 16 heavy (non-hydrogen) atoms. The summed E-state index contributed by atoms with van der Waals surface area (Å²) in [5, 5.41) is 7.27. The van der Waals surface area contributed by atoms with Crippen molar-refractivity contribution in [2.45, 2.75) is 13.5 Å². The lowest BCUT2D eigenvalue weighted by molar-refractivity contribution is -0.138. The van der Waals surface area contributed by atoms with Crippen LogP contribution in [0.25, 0.3) is 0 Å². The van der Waals surface area contributed by atoms with Gasteiger partial charge in [-0.25, -0.2) is 4.79 Å².